The van der Waals surface area contributed by atoms with Crippen LogP contribution in [0, 0.1) is 0 Å². The largest absolute Gasteiger partial charge is 0.456 e. The number of hydrogen-bond donors (Lipinski definition) is 0. The summed E-state index contributed by atoms with van der Waals surface area (Å²) < 4.78 is 11.4. The summed E-state index contributed by atoms with van der Waals surface area (Å²) in [6.45, 7) is 0. The highest BCUT2D eigenvalue weighted by Crippen LogP contribution is 2.51. The normalized spacial score (nSPS) is 12.1. The fourth-order valence-electron chi connectivity index (χ4n) is 9.45. The van der Waals surface area contributed by atoms with Gasteiger partial charge in [0.25, 0.3) is 0 Å². The molecule has 6 nitrogen and oxygen atoms in total. The number of hydrogen-bond acceptors (Lipinski definition) is 4. The lowest BCUT2D eigenvalue weighted by molar-refractivity contribution is 0.487. The van der Waals surface area contributed by atoms with Gasteiger partial charge in [-0.25, -0.2) is 4.98 Å². The lowest BCUT2D eigenvalue weighted by Gasteiger charge is -2.23. The van der Waals surface area contributed by atoms with Crippen molar-refractivity contribution in [3.05, 3.63) is 200 Å². The fraction of sp³-hybridized carbons (Fsp3) is 0. The van der Waals surface area contributed by atoms with Crippen LogP contribution in [0.1, 0.15) is 0 Å². The van der Waals surface area contributed by atoms with Gasteiger partial charge in [-0.3, -0.25) is 4.57 Å². The maximum absolute atomic E-state index is 6.86. The number of fused-ring (bicyclic) bond motifs is 9. The Morgan fingerprint density at radius 2 is 0.918 bits per heavy atom. The smallest absolute Gasteiger partial charge is 0.238 e. The highest BCUT2D eigenvalue weighted by molar-refractivity contribution is 6.25. The van der Waals surface area contributed by atoms with Crippen molar-refractivity contribution in [1.29, 1.82) is 0 Å². The molecule has 4 heterocycles. The average molecular weight is 780 g/mol. The molecular formula is C55H33N5O. The Bertz CT molecular complexity index is 3660. The number of nitrogens with zero attached hydrogens (tertiary/aromatic N) is 5. The van der Waals surface area contributed by atoms with Gasteiger partial charge in [0.2, 0.25) is 5.95 Å². The Labute approximate surface area is 350 Å². The molecule has 0 bridgehead atoms. The van der Waals surface area contributed by atoms with Crippen LogP contribution in [0.5, 0.6) is 11.5 Å². The highest BCUT2D eigenvalue weighted by Gasteiger charge is 2.26. The summed E-state index contributed by atoms with van der Waals surface area (Å²) in [5.41, 5.74) is 11.8. The minimum atomic E-state index is 0.574. The number of para-hydroxylation sites is 3. The number of ether oxygens (including phenoxy) is 1. The van der Waals surface area contributed by atoms with Crippen LogP contribution in [0.25, 0.3) is 111 Å². The third-order valence-electron chi connectivity index (χ3n) is 12.2. The fourth-order valence-corrected chi connectivity index (χ4v) is 9.45. The van der Waals surface area contributed by atoms with Gasteiger partial charge in [0, 0.05) is 55.4 Å². The lowest BCUT2D eigenvalue weighted by Crippen LogP contribution is -2.06. The molecule has 9 aromatic carbocycles. The SMILES string of the molecule is c1ccc(-c2nc(-c3ccccc3)nc(-n3c4ccccc4c4cc(-c5ccc6c(c5)-c5cccc7c5c(cc5c7c7ccccc7n5-c5ccccc5)O6)ccc43)n2)cc1. The molecule has 1 aliphatic heterocycles. The molecule has 0 fully saturated rings. The number of benzene rings is 9. The number of rotatable bonds is 5. The summed E-state index contributed by atoms with van der Waals surface area (Å²) >= 11 is 0. The van der Waals surface area contributed by atoms with E-state index >= 15 is 0 Å². The topological polar surface area (TPSA) is 57.8 Å². The zero-order valence-electron chi connectivity index (χ0n) is 32.7. The van der Waals surface area contributed by atoms with E-state index in [1.54, 1.807) is 0 Å². The van der Waals surface area contributed by atoms with Gasteiger partial charge in [-0.05, 0) is 70.6 Å². The monoisotopic (exact) mass is 779 g/mol. The molecule has 0 atom stereocenters. The van der Waals surface area contributed by atoms with Crippen LogP contribution in [0.2, 0.25) is 0 Å². The third-order valence-corrected chi connectivity index (χ3v) is 12.2. The van der Waals surface area contributed by atoms with Crippen molar-refractivity contribution in [2.75, 3.05) is 0 Å². The quantitative estimate of drug-likeness (QED) is 0.175. The van der Waals surface area contributed by atoms with E-state index in [2.05, 4.69) is 149 Å². The minimum Gasteiger partial charge on any atom is -0.456 e. The predicted octanol–water partition coefficient (Wildman–Crippen LogP) is 14.0. The van der Waals surface area contributed by atoms with Gasteiger partial charge in [-0.1, -0.05) is 146 Å². The van der Waals surface area contributed by atoms with Crippen molar-refractivity contribution in [3.63, 3.8) is 0 Å². The summed E-state index contributed by atoms with van der Waals surface area (Å²) in [5.74, 6) is 3.55. The first kappa shape index (κ1) is 33.6. The van der Waals surface area contributed by atoms with Crippen LogP contribution >= 0.6 is 0 Å². The molecular weight excluding hydrogens is 747 g/mol. The second-order valence-corrected chi connectivity index (χ2v) is 15.6. The molecule has 0 aliphatic carbocycles. The molecule has 0 spiro atoms. The molecule has 6 heteroatoms. The molecule has 1 aliphatic rings. The third kappa shape index (κ3) is 5.12. The van der Waals surface area contributed by atoms with E-state index in [4.69, 9.17) is 19.7 Å². The van der Waals surface area contributed by atoms with Gasteiger partial charge >= 0.3 is 0 Å². The molecule has 0 amide bonds. The van der Waals surface area contributed by atoms with Crippen molar-refractivity contribution in [1.82, 2.24) is 24.1 Å². The Balaban J connectivity index is 0.975. The predicted molar refractivity (Wildman–Crippen MR) is 248 cm³/mol. The lowest BCUT2D eigenvalue weighted by atomic mass is 9.90. The first-order chi connectivity index (χ1) is 30.2. The molecule has 0 radical (unpaired) electrons. The van der Waals surface area contributed by atoms with Crippen LogP contribution in [-0.2, 0) is 0 Å². The Hall–Kier alpha value is -8.35. The average Bonchev–Trinajstić information content (AvgIpc) is 3.85. The summed E-state index contributed by atoms with van der Waals surface area (Å²) in [4.78, 5) is 15.2. The van der Waals surface area contributed by atoms with Crippen molar-refractivity contribution >= 4 is 54.4 Å². The van der Waals surface area contributed by atoms with Gasteiger partial charge in [-0.2, -0.15) is 9.97 Å². The van der Waals surface area contributed by atoms with Gasteiger partial charge < -0.3 is 9.30 Å². The molecule has 3 aromatic heterocycles. The Morgan fingerprint density at radius 1 is 0.328 bits per heavy atom. The number of aromatic nitrogens is 5. The molecule has 0 N–H and O–H groups in total. The van der Waals surface area contributed by atoms with Crippen molar-refractivity contribution < 1.29 is 4.74 Å². The van der Waals surface area contributed by atoms with E-state index < -0.39 is 0 Å². The van der Waals surface area contributed by atoms with Crippen LogP contribution in [0.3, 0.4) is 0 Å². The zero-order chi connectivity index (χ0) is 40.0. The van der Waals surface area contributed by atoms with Gasteiger partial charge in [0.1, 0.15) is 11.5 Å². The van der Waals surface area contributed by atoms with Gasteiger partial charge in [0.05, 0.1) is 22.1 Å². The first-order valence-electron chi connectivity index (χ1n) is 20.5. The van der Waals surface area contributed by atoms with Crippen LogP contribution in [-0.4, -0.2) is 24.1 Å². The molecule has 12 aromatic rings. The summed E-state index contributed by atoms with van der Waals surface area (Å²) in [5, 5.41) is 7.02. The van der Waals surface area contributed by atoms with Crippen LogP contribution in [0.15, 0.2) is 200 Å². The van der Waals surface area contributed by atoms with Gasteiger partial charge in [-0.15, -0.1) is 0 Å². The maximum atomic E-state index is 6.86. The van der Waals surface area contributed by atoms with E-state index in [1.807, 2.05) is 60.7 Å². The molecule has 61 heavy (non-hydrogen) atoms. The van der Waals surface area contributed by atoms with Crippen molar-refractivity contribution in [2.24, 2.45) is 0 Å². The van der Waals surface area contributed by atoms with E-state index in [0.29, 0.717) is 17.6 Å². The van der Waals surface area contributed by atoms with E-state index in [1.165, 1.54) is 27.2 Å². The van der Waals surface area contributed by atoms with Crippen molar-refractivity contribution in [2.45, 2.75) is 0 Å². The standard InChI is InChI=1S/C55H33N5O/c1-4-15-34(16-5-1)53-56-54(35-17-6-2-7-18-35)58-55(57-53)60-45-25-12-10-21-39(45)43-31-36(27-29-47(43)60)37-28-30-49-44(32-37)40-23-14-24-42-51-41-22-11-13-26-46(41)59(38-19-8-3-9-20-38)48(51)33-50(61-49)52(40)42/h1-33H. The van der Waals surface area contributed by atoms with E-state index in [0.717, 1.165) is 77.7 Å². The van der Waals surface area contributed by atoms with E-state index in [9.17, 15) is 0 Å². The molecule has 284 valence electrons. The summed E-state index contributed by atoms with van der Waals surface area (Å²) in [6.07, 6.45) is 0. The molecule has 0 saturated heterocycles. The minimum absolute atomic E-state index is 0.574. The van der Waals surface area contributed by atoms with Crippen LogP contribution in [0.4, 0.5) is 0 Å². The Kier molecular flexibility index (Phi) is 7.21. The highest BCUT2D eigenvalue weighted by atomic mass is 16.5. The van der Waals surface area contributed by atoms with Gasteiger partial charge in [0.15, 0.2) is 11.6 Å². The maximum Gasteiger partial charge on any atom is 0.238 e. The molecule has 0 saturated carbocycles. The Morgan fingerprint density at radius 3 is 1.66 bits per heavy atom. The summed E-state index contributed by atoms with van der Waals surface area (Å²) in [6, 6.07) is 70.2. The van der Waals surface area contributed by atoms with E-state index in [-0.39, 0.29) is 0 Å². The zero-order valence-corrected chi connectivity index (χ0v) is 32.7. The second-order valence-electron chi connectivity index (χ2n) is 15.6. The van der Waals surface area contributed by atoms with Crippen molar-refractivity contribution in [3.8, 4) is 68.2 Å². The molecule has 13 rings (SSSR count). The van der Waals surface area contributed by atoms with Crippen LogP contribution < -0.4 is 4.74 Å². The molecule has 0 unspecified atom stereocenters. The first-order valence-corrected chi connectivity index (χ1v) is 20.5. The summed E-state index contributed by atoms with van der Waals surface area (Å²) in [7, 11) is 0. The second kappa shape index (κ2) is 13.1.